The summed E-state index contributed by atoms with van der Waals surface area (Å²) in [6, 6.07) is 14.4. The zero-order valence-electron chi connectivity index (χ0n) is 17.2. The van der Waals surface area contributed by atoms with Crippen LogP contribution in [0.25, 0.3) is 10.9 Å². The van der Waals surface area contributed by atoms with Crippen LogP contribution in [0, 0.1) is 6.92 Å². The maximum atomic E-state index is 13.0. The summed E-state index contributed by atoms with van der Waals surface area (Å²) in [6.45, 7) is 1.86. The van der Waals surface area contributed by atoms with Crippen LogP contribution in [0.1, 0.15) is 11.1 Å². The Morgan fingerprint density at radius 3 is 2.36 bits per heavy atom. The second kappa shape index (κ2) is 8.95. The van der Waals surface area contributed by atoms with Crippen LogP contribution in [0.5, 0.6) is 0 Å². The van der Waals surface area contributed by atoms with Gasteiger partial charge in [-0.05, 0) is 61.0 Å². The zero-order valence-corrected chi connectivity index (χ0v) is 17.9. The monoisotopic (exact) mass is 471 g/mol. The van der Waals surface area contributed by atoms with Crippen molar-refractivity contribution in [2.24, 2.45) is 0 Å². The number of anilines is 4. The third-order valence-electron chi connectivity index (χ3n) is 4.78. The standard InChI is InChI=1S/C23H17ClF3N5O/c1-13-5-6-17(11-19(13)24)32-22(33)31-16-7-8-20-18(10-16)21(29-12-28-20)30-15-4-2-3-14(9-15)23(25,26)27/h2-12H,1H3,(H,28,29,30)(H2,31,32,33). The lowest BCUT2D eigenvalue weighted by Gasteiger charge is -2.13. The molecule has 0 unspecified atom stereocenters. The first-order chi connectivity index (χ1) is 15.7. The van der Waals surface area contributed by atoms with Gasteiger partial charge < -0.3 is 16.0 Å². The van der Waals surface area contributed by atoms with Crippen LogP contribution in [0.15, 0.2) is 67.0 Å². The van der Waals surface area contributed by atoms with Gasteiger partial charge in [-0.2, -0.15) is 13.2 Å². The number of rotatable bonds is 4. The highest BCUT2D eigenvalue weighted by Gasteiger charge is 2.30. The number of hydrogen-bond donors (Lipinski definition) is 3. The number of nitrogens with one attached hydrogen (secondary N) is 3. The molecule has 3 aromatic carbocycles. The lowest BCUT2D eigenvalue weighted by molar-refractivity contribution is -0.137. The number of nitrogens with zero attached hydrogens (tertiary/aromatic N) is 2. The highest BCUT2D eigenvalue weighted by molar-refractivity contribution is 6.31. The van der Waals surface area contributed by atoms with E-state index in [9.17, 15) is 18.0 Å². The molecule has 0 fully saturated rings. The fourth-order valence-corrected chi connectivity index (χ4v) is 3.29. The molecule has 1 heterocycles. The molecular formula is C23H17ClF3N5O. The van der Waals surface area contributed by atoms with Gasteiger partial charge in [0.15, 0.2) is 0 Å². The summed E-state index contributed by atoms with van der Waals surface area (Å²) in [4.78, 5) is 20.7. The van der Waals surface area contributed by atoms with Gasteiger partial charge in [-0.15, -0.1) is 0 Å². The Hall–Kier alpha value is -3.85. The first-order valence-electron chi connectivity index (χ1n) is 9.72. The molecule has 4 aromatic rings. The fourth-order valence-electron chi connectivity index (χ4n) is 3.11. The molecule has 0 radical (unpaired) electrons. The summed E-state index contributed by atoms with van der Waals surface area (Å²) >= 11 is 6.09. The predicted octanol–water partition coefficient (Wildman–Crippen LogP) is 7.00. The Bertz CT molecular complexity index is 1340. The van der Waals surface area contributed by atoms with E-state index in [1.807, 2.05) is 6.92 Å². The maximum absolute atomic E-state index is 13.0. The van der Waals surface area contributed by atoms with Crippen LogP contribution in [0.4, 0.5) is 40.8 Å². The van der Waals surface area contributed by atoms with Gasteiger partial charge in [0.25, 0.3) is 0 Å². The molecule has 0 spiro atoms. The Labute approximate surface area is 191 Å². The van der Waals surface area contributed by atoms with Crippen LogP contribution in [-0.2, 0) is 6.18 Å². The van der Waals surface area contributed by atoms with Gasteiger partial charge in [0.1, 0.15) is 12.1 Å². The summed E-state index contributed by atoms with van der Waals surface area (Å²) < 4.78 is 39.1. The molecule has 168 valence electrons. The first-order valence-corrected chi connectivity index (χ1v) is 10.1. The van der Waals surface area contributed by atoms with Crippen LogP contribution >= 0.6 is 11.6 Å². The number of urea groups is 1. The van der Waals surface area contributed by atoms with Gasteiger partial charge in [-0.3, -0.25) is 0 Å². The fraction of sp³-hybridized carbons (Fsp3) is 0.0870. The predicted molar refractivity (Wildman–Crippen MR) is 123 cm³/mol. The third-order valence-corrected chi connectivity index (χ3v) is 5.18. The van der Waals surface area contributed by atoms with E-state index in [2.05, 4.69) is 25.9 Å². The Kier molecular flexibility index (Phi) is 6.06. The van der Waals surface area contributed by atoms with E-state index in [1.54, 1.807) is 36.4 Å². The second-order valence-electron chi connectivity index (χ2n) is 7.20. The van der Waals surface area contributed by atoms with Crippen molar-refractivity contribution < 1.29 is 18.0 Å². The molecule has 0 aliphatic carbocycles. The zero-order chi connectivity index (χ0) is 23.6. The average Bonchev–Trinajstić information content (AvgIpc) is 2.76. The SMILES string of the molecule is Cc1ccc(NC(=O)Nc2ccc3ncnc(Nc4cccc(C(F)(F)F)c4)c3c2)cc1Cl. The molecule has 1 aromatic heterocycles. The maximum Gasteiger partial charge on any atom is 0.416 e. The topological polar surface area (TPSA) is 78.9 Å². The molecule has 0 aliphatic rings. The summed E-state index contributed by atoms with van der Waals surface area (Å²) in [6.07, 6.45) is -3.16. The number of hydrogen-bond acceptors (Lipinski definition) is 4. The van der Waals surface area contributed by atoms with Crippen molar-refractivity contribution in [3.05, 3.63) is 83.1 Å². The van der Waals surface area contributed by atoms with E-state index < -0.39 is 17.8 Å². The molecule has 0 saturated carbocycles. The lowest BCUT2D eigenvalue weighted by atomic mass is 10.1. The third kappa shape index (κ3) is 5.32. The normalized spacial score (nSPS) is 11.3. The van der Waals surface area contributed by atoms with E-state index in [-0.39, 0.29) is 5.69 Å². The minimum absolute atomic E-state index is 0.220. The van der Waals surface area contributed by atoms with Gasteiger partial charge in [0.2, 0.25) is 0 Å². The molecule has 0 saturated heterocycles. The Balaban J connectivity index is 1.56. The van der Waals surface area contributed by atoms with Crippen LogP contribution in [-0.4, -0.2) is 16.0 Å². The van der Waals surface area contributed by atoms with Gasteiger partial charge in [-0.25, -0.2) is 14.8 Å². The molecule has 6 nitrogen and oxygen atoms in total. The Morgan fingerprint density at radius 2 is 1.64 bits per heavy atom. The van der Waals surface area contributed by atoms with E-state index >= 15 is 0 Å². The minimum atomic E-state index is -4.46. The summed E-state index contributed by atoms with van der Waals surface area (Å²) in [5.41, 5.74) is 1.85. The highest BCUT2D eigenvalue weighted by Crippen LogP contribution is 2.32. The number of carbonyl (C=O) groups excluding carboxylic acids is 1. The molecule has 0 bridgehead atoms. The van der Waals surface area contributed by atoms with Crippen molar-refractivity contribution in [2.75, 3.05) is 16.0 Å². The molecule has 4 rings (SSSR count). The Morgan fingerprint density at radius 1 is 0.909 bits per heavy atom. The number of alkyl halides is 3. The first kappa shape index (κ1) is 22.3. The number of aryl methyl sites for hydroxylation is 1. The molecule has 33 heavy (non-hydrogen) atoms. The smallest absolute Gasteiger partial charge is 0.340 e. The van der Waals surface area contributed by atoms with E-state index in [1.165, 1.54) is 18.5 Å². The van der Waals surface area contributed by atoms with Gasteiger partial charge in [0, 0.05) is 27.5 Å². The largest absolute Gasteiger partial charge is 0.416 e. The molecule has 0 atom stereocenters. The minimum Gasteiger partial charge on any atom is -0.340 e. The number of benzene rings is 3. The number of fused-ring (bicyclic) bond motifs is 1. The van der Waals surface area contributed by atoms with Crippen LogP contribution in [0.3, 0.4) is 0 Å². The molecule has 2 amide bonds. The van der Waals surface area contributed by atoms with Crippen molar-refractivity contribution in [3.8, 4) is 0 Å². The van der Waals surface area contributed by atoms with Gasteiger partial charge in [-0.1, -0.05) is 23.7 Å². The average molecular weight is 472 g/mol. The number of halogens is 4. The summed E-state index contributed by atoms with van der Waals surface area (Å²) in [5, 5.41) is 9.35. The molecule has 3 N–H and O–H groups in total. The van der Waals surface area contributed by atoms with Crippen LogP contribution < -0.4 is 16.0 Å². The van der Waals surface area contributed by atoms with Gasteiger partial charge in [0.05, 0.1) is 11.1 Å². The quantitative estimate of drug-likeness (QED) is 0.299. The van der Waals surface area contributed by atoms with E-state index in [0.29, 0.717) is 33.1 Å². The summed E-state index contributed by atoms with van der Waals surface area (Å²) in [5.74, 6) is 0.300. The second-order valence-corrected chi connectivity index (χ2v) is 7.61. The summed E-state index contributed by atoms with van der Waals surface area (Å²) in [7, 11) is 0. The lowest BCUT2D eigenvalue weighted by Crippen LogP contribution is -2.19. The molecule has 10 heteroatoms. The molecular weight excluding hydrogens is 455 g/mol. The van der Waals surface area contributed by atoms with E-state index in [0.717, 1.165) is 17.7 Å². The van der Waals surface area contributed by atoms with Crippen molar-refractivity contribution in [1.29, 1.82) is 0 Å². The van der Waals surface area contributed by atoms with Gasteiger partial charge >= 0.3 is 12.2 Å². The molecule has 0 aliphatic heterocycles. The van der Waals surface area contributed by atoms with Crippen molar-refractivity contribution >= 4 is 51.4 Å². The number of amides is 2. The van der Waals surface area contributed by atoms with E-state index in [4.69, 9.17) is 11.6 Å². The highest BCUT2D eigenvalue weighted by atomic mass is 35.5. The number of carbonyl (C=O) groups is 1. The van der Waals surface area contributed by atoms with Crippen molar-refractivity contribution in [1.82, 2.24) is 9.97 Å². The van der Waals surface area contributed by atoms with Crippen LogP contribution in [0.2, 0.25) is 5.02 Å². The van der Waals surface area contributed by atoms with Crippen molar-refractivity contribution in [3.63, 3.8) is 0 Å². The van der Waals surface area contributed by atoms with Crippen molar-refractivity contribution in [2.45, 2.75) is 13.1 Å². The number of aromatic nitrogens is 2.